The minimum atomic E-state index is 0.183. The van der Waals surface area contributed by atoms with Crippen LogP contribution in [0.2, 0.25) is 0 Å². The van der Waals surface area contributed by atoms with Gasteiger partial charge in [-0.15, -0.1) is 0 Å². The molecule has 0 bridgehead atoms. The maximum Gasteiger partial charge on any atom is 0.153 e. The van der Waals surface area contributed by atoms with Crippen LogP contribution in [0.5, 0.6) is 5.75 Å². The fourth-order valence-corrected chi connectivity index (χ4v) is 4.98. The summed E-state index contributed by atoms with van der Waals surface area (Å²) in [7, 11) is 0. The molecule has 0 spiro atoms. The number of ether oxygens (including phenoxy) is 1. The van der Waals surface area contributed by atoms with Crippen LogP contribution in [0.1, 0.15) is 30.0 Å². The van der Waals surface area contributed by atoms with Gasteiger partial charge >= 0.3 is 0 Å². The Kier molecular flexibility index (Phi) is 3.29. The van der Waals surface area contributed by atoms with Crippen LogP contribution in [0.3, 0.4) is 0 Å². The van der Waals surface area contributed by atoms with Gasteiger partial charge in [0.15, 0.2) is 6.23 Å². The lowest BCUT2D eigenvalue weighted by Gasteiger charge is -2.40. The third kappa shape index (κ3) is 2.23. The fraction of sp³-hybridized carbons (Fsp3) is 0.200. The van der Waals surface area contributed by atoms with Crippen molar-refractivity contribution < 1.29 is 4.74 Å². The molecule has 0 radical (unpaired) electrons. The van der Waals surface area contributed by atoms with Gasteiger partial charge in [0, 0.05) is 12.1 Å². The lowest BCUT2D eigenvalue weighted by Crippen LogP contribution is -2.41. The number of rotatable bonds is 1. The van der Waals surface area contributed by atoms with Crippen LogP contribution < -0.4 is 4.74 Å². The second-order valence-electron chi connectivity index (χ2n) is 7.62. The van der Waals surface area contributed by atoms with Crippen molar-refractivity contribution in [2.75, 3.05) is 6.54 Å². The summed E-state index contributed by atoms with van der Waals surface area (Å²) in [5, 5.41) is 5.23. The Morgan fingerprint density at radius 2 is 1.48 bits per heavy atom. The smallest absolute Gasteiger partial charge is 0.153 e. The average Bonchev–Trinajstić information content (AvgIpc) is 3.20. The minimum absolute atomic E-state index is 0.183. The first-order chi connectivity index (χ1) is 13.4. The van der Waals surface area contributed by atoms with Crippen molar-refractivity contribution in [3.8, 4) is 5.75 Å². The number of fused-ring (bicyclic) bond motifs is 5. The van der Waals surface area contributed by atoms with Gasteiger partial charge in [-0.2, -0.15) is 0 Å². The summed E-state index contributed by atoms with van der Waals surface area (Å²) in [5.41, 5.74) is 2.71. The average molecular weight is 351 g/mol. The molecule has 2 atom stereocenters. The van der Waals surface area contributed by atoms with Crippen LogP contribution in [-0.2, 0) is 0 Å². The van der Waals surface area contributed by atoms with E-state index >= 15 is 0 Å². The third-order valence-corrected chi connectivity index (χ3v) is 6.15. The van der Waals surface area contributed by atoms with Crippen molar-refractivity contribution in [2.24, 2.45) is 0 Å². The molecule has 27 heavy (non-hydrogen) atoms. The van der Waals surface area contributed by atoms with Gasteiger partial charge < -0.3 is 4.74 Å². The monoisotopic (exact) mass is 351 g/mol. The number of hydrogen-bond donors (Lipinski definition) is 0. The maximum absolute atomic E-state index is 6.45. The predicted octanol–water partition coefficient (Wildman–Crippen LogP) is 5.90. The van der Waals surface area contributed by atoms with Crippen molar-refractivity contribution in [3.05, 3.63) is 90.0 Å². The molecule has 2 aliphatic heterocycles. The summed E-state index contributed by atoms with van der Waals surface area (Å²) in [6.45, 7) is 1.08. The number of benzene rings is 4. The summed E-state index contributed by atoms with van der Waals surface area (Å²) >= 11 is 0. The quantitative estimate of drug-likeness (QED) is 0.423. The van der Waals surface area contributed by atoms with Gasteiger partial charge in [-0.25, -0.2) is 0 Å². The standard InChI is InChI=1S/C25H21NO/c1-3-10-19-17(7-1)9-5-12-21(19)25-24-20-11-4-2-8-18(20)14-15-22(24)27-23-13-6-16-26(23)25/h1-5,7-12,14-15,23,25H,6,13,16H2. The van der Waals surface area contributed by atoms with Gasteiger partial charge in [-0.05, 0) is 46.0 Å². The highest BCUT2D eigenvalue weighted by molar-refractivity contribution is 5.91. The molecule has 132 valence electrons. The highest BCUT2D eigenvalue weighted by Gasteiger charge is 2.40. The molecule has 0 amide bonds. The van der Waals surface area contributed by atoms with E-state index in [2.05, 4.69) is 83.8 Å². The van der Waals surface area contributed by atoms with E-state index in [9.17, 15) is 0 Å². The second-order valence-corrected chi connectivity index (χ2v) is 7.62. The van der Waals surface area contributed by atoms with Crippen LogP contribution in [0.15, 0.2) is 78.9 Å². The molecule has 6 rings (SSSR count). The topological polar surface area (TPSA) is 12.5 Å². The zero-order valence-corrected chi connectivity index (χ0v) is 15.1. The third-order valence-electron chi connectivity index (χ3n) is 6.15. The predicted molar refractivity (Wildman–Crippen MR) is 110 cm³/mol. The normalized spacial score (nSPS) is 21.8. The van der Waals surface area contributed by atoms with Gasteiger partial charge in [0.05, 0.1) is 6.04 Å². The van der Waals surface area contributed by atoms with E-state index in [-0.39, 0.29) is 12.3 Å². The van der Waals surface area contributed by atoms with E-state index in [1.165, 1.54) is 39.1 Å². The molecule has 0 aliphatic carbocycles. The molecule has 0 N–H and O–H groups in total. The Bertz CT molecular complexity index is 1160. The van der Waals surface area contributed by atoms with Gasteiger partial charge in [0.25, 0.3) is 0 Å². The highest BCUT2D eigenvalue weighted by Crippen LogP contribution is 2.48. The first-order valence-electron chi connectivity index (χ1n) is 9.82. The minimum Gasteiger partial charge on any atom is -0.475 e. The SMILES string of the molecule is c1ccc2c(C3c4c(ccc5ccccc45)OC4CCCN43)cccc2c1. The number of hydrogen-bond acceptors (Lipinski definition) is 2. The molecule has 2 heteroatoms. The number of nitrogens with zero attached hydrogens (tertiary/aromatic N) is 1. The zero-order valence-electron chi connectivity index (χ0n) is 15.1. The molecule has 4 aromatic carbocycles. The first kappa shape index (κ1) is 15.2. The van der Waals surface area contributed by atoms with E-state index in [1.807, 2.05) is 0 Å². The van der Waals surface area contributed by atoms with Crippen molar-refractivity contribution in [3.63, 3.8) is 0 Å². The van der Waals surface area contributed by atoms with Crippen molar-refractivity contribution in [1.82, 2.24) is 4.90 Å². The lowest BCUT2D eigenvalue weighted by molar-refractivity contribution is 0.0180. The molecule has 2 heterocycles. The van der Waals surface area contributed by atoms with Crippen LogP contribution in [0.4, 0.5) is 0 Å². The summed E-state index contributed by atoms with van der Waals surface area (Å²) in [6, 6.07) is 28.8. The van der Waals surface area contributed by atoms with Gasteiger partial charge in [0.2, 0.25) is 0 Å². The maximum atomic E-state index is 6.45. The molecule has 2 nitrogen and oxygen atoms in total. The largest absolute Gasteiger partial charge is 0.475 e. The zero-order chi connectivity index (χ0) is 17.8. The van der Waals surface area contributed by atoms with E-state index in [0.717, 1.165) is 18.7 Å². The summed E-state index contributed by atoms with van der Waals surface area (Å²) < 4.78 is 6.45. The van der Waals surface area contributed by atoms with E-state index in [0.29, 0.717) is 0 Å². The molecule has 1 fully saturated rings. The Balaban J connectivity index is 1.69. The molecule has 1 saturated heterocycles. The molecular weight excluding hydrogens is 330 g/mol. The van der Waals surface area contributed by atoms with Gasteiger partial charge in [0.1, 0.15) is 5.75 Å². The van der Waals surface area contributed by atoms with Crippen LogP contribution in [0.25, 0.3) is 21.5 Å². The highest BCUT2D eigenvalue weighted by atomic mass is 16.5. The Morgan fingerprint density at radius 1 is 0.741 bits per heavy atom. The van der Waals surface area contributed by atoms with Gasteiger partial charge in [-0.1, -0.05) is 72.8 Å². The summed E-state index contributed by atoms with van der Waals surface area (Å²) in [4.78, 5) is 2.57. The Morgan fingerprint density at radius 3 is 2.37 bits per heavy atom. The van der Waals surface area contributed by atoms with E-state index < -0.39 is 0 Å². The Labute approximate surface area is 159 Å². The molecular formula is C25H21NO. The molecule has 0 aromatic heterocycles. The fourth-order valence-electron chi connectivity index (χ4n) is 4.98. The van der Waals surface area contributed by atoms with E-state index in [1.54, 1.807) is 0 Å². The molecule has 2 aliphatic rings. The second kappa shape index (κ2) is 5.83. The molecule has 0 saturated carbocycles. The van der Waals surface area contributed by atoms with Crippen LogP contribution in [-0.4, -0.2) is 17.7 Å². The van der Waals surface area contributed by atoms with Crippen molar-refractivity contribution >= 4 is 21.5 Å². The van der Waals surface area contributed by atoms with Crippen LogP contribution >= 0.6 is 0 Å². The summed E-state index contributed by atoms with van der Waals surface area (Å²) in [5.74, 6) is 1.05. The molecule has 4 aromatic rings. The Hall–Kier alpha value is -2.84. The van der Waals surface area contributed by atoms with E-state index in [4.69, 9.17) is 4.74 Å². The first-order valence-corrected chi connectivity index (χ1v) is 9.82. The summed E-state index contributed by atoms with van der Waals surface area (Å²) in [6.07, 6.45) is 2.48. The molecule has 2 unspecified atom stereocenters. The van der Waals surface area contributed by atoms with Crippen molar-refractivity contribution in [1.29, 1.82) is 0 Å². The van der Waals surface area contributed by atoms with Gasteiger partial charge in [-0.3, -0.25) is 4.90 Å². The van der Waals surface area contributed by atoms with Crippen molar-refractivity contribution in [2.45, 2.75) is 25.1 Å². The lowest BCUT2D eigenvalue weighted by atomic mass is 9.88. The van der Waals surface area contributed by atoms with Crippen LogP contribution in [0, 0.1) is 0 Å².